The summed E-state index contributed by atoms with van der Waals surface area (Å²) in [6.07, 6.45) is 4.54. The van der Waals surface area contributed by atoms with Crippen molar-refractivity contribution >= 4 is 0 Å². The third-order valence-corrected chi connectivity index (χ3v) is 4.08. The molecule has 27 heavy (non-hydrogen) atoms. The van der Waals surface area contributed by atoms with Gasteiger partial charge in [0.25, 0.3) is 0 Å². The zero-order valence-corrected chi connectivity index (χ0v) is 15.7. The first-order valence-corrected chi connectivity index (χ1v) is 8.25. The van der Waals surface area contributed by atoms with E-state index in [1.807, 2.05) is 45.9 Å². The van der Waals surface area contributed by atoms with Crippen LogP contribution in [-0.4, -0.2) is 35.4 Å². The van der Waals surface area contributed by atoms with Gasteiger partial charge in [-0.25, -0.2) is 14.8 Å². The zero-order chi connectivity index (χ0) is 19.9. The average molecular weight is 363 g/mol. The van der Waals surface area contributed by atoms with Gasteiger partial charge in [-0.2, -0.15) is 15.6 Å². The van der Waals surface area contributed by atoms with E-state index in [0.717, 1.165) is 16.7 Å². The van der Waals surface area contributed by atoms with Crippen molar-refractivity contribution in [2.45, 2.75) is 45.1 Å². The minimum atomic E-state index is -0.612. The fourth-order valence-electron chi connectivity index (χ4n) is 2.26. The minimum Gasteiger partial charge on any atom is -0.249 e. The lowest BCUT2D eigenvalue weighted by Gasteiger charge is -2.23. The Hall–Kier alpha value is -3.59. The predicted octanol–water partition coefficient (Wildman–Crippen LogP) is 2.13. The molecule has 0 bridgehead atoms. The maximum Gasteiger partial charge on any atom is 0.137 e. The number of nitrogens with one attached hydrogen (secondary N) is 1. The first-order valence-electron chi connectivity index (χ1n) is 8.25. The summed E-state index contributed by atoms with van der Waals surface area (Å²) in [5.41, 5.74) is 1.60. The van der Waals surface area contributed by atoms with E-state index < -0.39 is 10.8 Å². The normalized spacial score (nSPS) is 11.0. The number of aromatic amines is 1. The van der Waals surface area contributed by atoms with Gasteiger partial charge in [0.1, 0.15) is 19.0 Å². The van der Waals surface area contributed by atoms with Crippen molar-refractivity contribution in [3.8, 4) is 12.1 Å². The summed E-state index contributed by atoms with van der Waals surface area (Å²) in [6.45, 7) is 8.08. The summed E-state index contributed by atoms with van der Waals surface area (Å²) in [4.78, 5) is 3.94. The van der Waals surface area contributed by atoms with Crippen LogP contribution in [0, 0.1) is 22.7 Å². The Morgan fingerprint density at radius 1 is 1.04 bits per heavy atom. The van der Waals surface area contributed by atoms with E-state index in [1.165, 1.54) is 12.7 Å². The second-order valence-corrected chi connectivity index (χ2v) is 7.05. The third-order valence-electron chi connectivity index (χ3n) is 4.08. The van der Waals surface area contributed by atoms with Crippen LogP contribution in [0.3, 0.4) is 0 Å². The van der Waals surface area contributed by atoms with Gasteiger partial charge in [0.15, 0.2) is 0 Å². The van der Waals surface area contributed by atoms with E-state index in [0.29, 0.717) is 6.54 Å². The first-order chi connectivity index (χ1) is 12.8. The molecule has 2 heterocycles. The SMILES string of the molecule is CC(C)(C#N)c1cc(Cn2cncn2)cc(C(C)(C)C#N)c1.c1nnn[nH]1. The van der Waals surface area contributed by atoms with Crippen molar-refractivity contribution in [1.82, 2.24) is 35.4 Å². The Morgan fingerprint density at radius 2 is 1.67 bits per heavy atom. The van der Waals surface area contributed by atoms with Crippen LogP contribution in [0.4, 0.5) is 0 Å². The van der Waals surface area contributed by atoms with Crippen LogP contribution in [0.1, 0.15) is 44.4 Å². The molecule has 9 nitrogen and oxygen atoms in total. The van der Waals surface area contributed by atoms with Gasteiger partial charge >= 0.3 is 0 Å². The van der Waals surface area contributed by atoms with E-state index in [1.54, 1.807) is 11.0 Å². The van der Waals surface area contributed by atoms with Gasteiger partial charge < -0.3 is 0 Å². The third kappa shape index (κ3) is 5.19. The largest absolute Gasteiger partial charge is 0.249 e. The molecule has 1 N–H and O–H groups in total. The molecule has 0 spiro atoms. The summed E-state index contributed by atoms with van der Waals surface area (Å²) in [5.74, 6) is 0. The maximum absolute atomic E-state index is 9.40. The van der Waals surface area contributed by atoms with Gasteiger partial charge in [0, 0.05) is 0 Å². The lowest BCUT2D eigenvalue weighted by atomic mass is 9.79. The summed E-state index contributed by atoms with van der Waals surface area (Å²) in [6, 6.07) is 10.6. The van der Waals surface area contributed by atoms with E-state index in [4.69, 9.17) is 0 Å². The zero-order valence-electron chi connectivity index (χ0n) is 15.7. The number of H-pyrrole nitrogens is 1. The maximum atomic E-state index is 9.40. The van der Waals surface area contributed by atoms with Crippen molar-refractivity contribution in [3.63, 3.8) is 0 Å². The highest BCUT2D eigenvalue weighted by molar-refractivity contribution is 5.42. The Morgan fingerprint density at radius 3 is 2.04 bits per heavy atom. The van der Waals surface area contributed by atoms with Crippen LogP contribution in [0.15, 0.2) is 37.2 Å². The number of hydrogen-bond acceptors (Lipinski definition) is 7. The number of hydrogen-bond donors (Lipinski definition) is 1. The molecule has 0 radical (unpaired) electrons. The quantitative estimate of drug-likeness (QED) is 0.750. The Balaban J connectivity index is 0.000000451. The smallest absolute Gasteiger partial charge is 0.137 e. The van der Waals surface area contributed by atoms with E-state index in [-0.39, 0.29) is 0 Å². The predicted molar refractivity (Wildman–Crippen MR) is 97.0 cm³/mol. The number of nitrogens with zero attached hydrogens (tertiary/aromatic N) is 8. The van der Waals surface area contributed by atoms with E-state index in [9.17, 15) is 10.5 Å². The van der Waals surface area contributed by atoms with Gasteiger partial charge in [0.2, 0.25) is 0 Å². The summed E-state index contributed by atoms with van der Waals surface area (Å²) < 4.78 is 1.72. The number of tetrazole rings is 1. The second kappa shape index (κ2) is 8.19. The van der Waals surface area contributed by atoms with Crippen molar-refractivity contribution in [2.75, 3.05) is 0 Å². The molecule has 1 aromatic carbocycles. The monoisotopic (exact) mass is 363 g/mol. The summed E-state index contributed by atoms with van der Waals surface area (Å²) in [5, 5.41) is 35.0. The molecule has 0 aliphatic carbocycles. The molecule has 2 aromatic heterocycles. The molecule has 0 saturated heterocycles. The second-order valence-electron chi connectivity index (χ2n) is 7.05. The highest BCUT2D eigenvalue weighted by atomic mass is 15.5. The van der Waals surface area contributed by atoms with Gasteiger partial charge in [-0.15, -0.1) is 5.10 Å². The van der Waals surface area contributed by atoms with E-state index >= 15 is 0 Å². The van der Waals surface area contributed by atoms with Crippen molar-refractivity contribution < 1.29 is 0 Å². The number of rotatable bonds is 4. The minimum absolute atomic E-state index is 0.559. The fraction of sp³-hybridized carbons (Fsp3) is 0.389. The van der Waals surface area contributed by atoms with Crippen LogP contribution in [0.2, 0.25) is 0 Å². The average Bonchev–Trinajstić information content (AvgIpc) is 3.38. The molecule has 0 atom stereocenters. The topological polar surface area (TPSA) is 133 Å². The molecular formula is C18H21N9. The molecule has 3 rings (SSSR count). The molecule has 0 aliphatic rings. The Labute approximate surface area is 157 Å². The molecule has 0 fully saturated rings. The van der Waals surface area contributed by atoms with Crippen molar-refractivity contribution in [1.29, 1.82) is 10.5 Å². The Kier molecular flexibility index (Phi) is 5.99. The summed E-state index contributed by atoms with van der Waals surface area (Å²) in [7, 11) is 0. The molecular weight excluding hydrogens is 342 g/mol. The Bertz CT molecular complexity index is 865. The molecule has 0 unspecified atom stereocenters. The van der Waals surface area contributed by atoms with E-state index in [2.05, 4.69) is 42.8 Å². The summed E-state index contributed by atoms with van der Waals surface area (Å²) >= 11 is 0. The van der Waals surface area contributed by atoms with Crippen LogP contribution in [-0.2, 0) is 17.4 Å². The van der Waals surface area contributed by atoms with Crippen LogP contribution in [0.5, 0.6) is 0 Å². The number of nitriles is 2. The van der Waals surface area contributed by atoms with Crippen molar-refractivity contribution in [3.05, 3.63) is 53.9 Å². The molecule has 9 heteroatoms. The first kappa shape index (κ1) is 19.7. The van der Waals surface area contributed by atoms with Gasteiger partial charge in [-0.1, -0.05) is 18.2 Å². The van der Waals surface area contributed by atoms with Crippen LogP contribution < -0.4 is 0 Å². The molecule has 0 amide bonds. The molecule has 3 aromatic rings. The lowest BCUT2D eigenvalue weighted by molar-refractivity contribution is 0.646. The van der Waals surface area contributed by atoms with Gasteiger partial charge in [0.05, 0.1) is 29.5 Å². The van der Waals surface area contributed by atoms with Gasteiger partial charge in [-0.05, 0) is 54.8 Å². The standard InChI is InChI=1S/C17H19N5.CH2N4/c1-16(2,9-18)14-5-13(8-22-12-20-11-21-22)6-15(7-14)17(3,4)10-19;1-2-4-5-3-1/h5-7,11-12H,8H2,1-4H3;1H,(H,2,3,4,5). The highest BCUT2D eigenvalue weighted by Crippen LogP contribution is 2.30. The highest BCUT2D eigenvalue weighted by Gasteiger charge is 2.26. The molecule has 138 valence electrons. The molecule has 0 aliphatic heterocycles. The lowest BCUT2D eigenvalue weighted by Crippen LogP contribution is -2.20. The number of benzene rings is 1. The van der Waals surface area contributed by atoms with Gasteiger partial charge in [-0.3, -0.25) is 0 Å². The fourth-order valence-corrected chi connectivity index (χ4v) is 2.26. The molecule has 0 saturated carbocycles. The van der Waals surface area contributed by atoms with Crippen LogP contribution in [0.25, 0.3) is 0 Å². The van der Waals surface area contributed by atoms with Crippen LogP contribution >= 0.6 is 0 Å². The number of aromatic nitrogens is 7. The van der Waals surface area contributed by atoms with Crippen molar-refractivity contribution in [2.24, 2.45) is 0 Å².